The van der Waals surface area contributed by atoms with E-state index in [2.05, 4.69) is 4.98 Å². The van der Waals surface area contributed by atoms with Gasteiger partial charge in [0.1, 0.15) is 4.33 Å². The van der Waals surface area contributed by atoms with Crippen molar-refractivity contribution < 1.29 is 14.3 Å². The van der Waals surface area contributed by atoms with Crippen molar-refractivity contribution in [2.24, 2.45) is 5.41 Å². The molecule has 1 aromatic heterocycles. The summed E-state index contributed by atoms with van der Waals surface area (Å²) >= 11 is 13.2. The van der Waals surface area contributed by atoms with E-state index in [1.165, 1.54) is 16.2 Å². The van der Waals surface area contributed by atoms with E-state index in [0.29, 0.717) is 11.6 Å². The predicted octanol–water partition coefficient (Wildman–Crippen LogP) is 2.87. The smallest absolute Gasteiger partial charge is 0.357 e. The molecule has 8 heteroatoms. The van der Waals surface area contributed by atoms with Crippen molar-refractivity contribution in [2.75, 3.05) is 18.6 Å². The number of halogens is 2. The van der Waals surface area contributed by atoms with Gasteiger partial charge >= 0.3 is 5.97 Å². The molecule has 0 radical (unpaired) electrons. The Balaban J connectivity index is 2.13. The van der Waals surface area contributed by atoms with Crippen molar-refractivity contribution in [1.29, 1.82) is 0 Å². The molecule has 0 spiro atoms. The molecule has 1 amide bonds. The second kappa shape index (κ2) is 5.16. The Hall–Kier alpha value is -0.850. The Morgan fingerprint density at radius 3 is 2.65 bits per heavy atom. The molecule has 1 heterocycles. The van der Waals surface area contributed by atoms with Crippen LogP contribution in [0.15, 0.2) is 5.38 Å². The quantitative estimate of drug-likeness (QED) is 0.626. The Morgan fingerprint density at radius 2 is 2.15 bits per heavy atom. The number of amides is 1. The van der Waals surface area contributed by atoms with Crippen LogP contribution >= 0.6 is 34.5 Å². The minimum absolute atomic E-state index is 0.190. The molecule has 1 fully saturated rings. The van der Waals surface area contributed by atoms with Gasteiger partial charge in [-0.2, -0.15) is 0 Å². The predicted molar refractivity (Wildman–Crippen MR) is 78.6 cm³/mol. The molecular weight excluding hydrogens is 323 g/mol. The third-order valence-corrected chi connectivity index (χ3v) is 5.32. The van der Waals surface area contributed by atoms with Gasteiger partial charge in [-0.1, -0.05) is 0 Å². The highest BCUT2D eigenvalue weighted by Gasteiger charge is 2.68. The van der Waals surface area contributed by atoms with Gasteiger partial charge in [0.05, 0.1) is 12.0 Å². The molecule has 0 unspecified atom stereocenters. The first-order valence-corrected chi connectivity index (χ1v) is 7.65. The van der Waals surface area contributed by atoms with E-state index in [-0.39, 0.29) is 18.2 Å². The summed E-state index contributed by atoms with van der Waals surface area (Å²) in [5.41, 5.74) is -0.615. The summed E-state index contributed by atoms with van der Waals surface area (Å²) in [5.74, 6) is -0.718. The number of thiazole rings is 1. The Kier molecular flexibility index (Phi) is 4.01. The highest BCUT2D eigenvalue weighted by molar-refractivity contribution is 7.14. The summed E-state index contributed by atoms with van der Waals surface area (Å²) in [5, 5.41) is 1.97. The third-order valence-electron chi connectivity index (χ3n) is 3.30. The van der Waals surface area contributed by atoms with Crippen LogP contribution in [0.2, 0.25) is 0 Å². The molecule has 0 aliphatic heterocycles. The molecule has 0 bridgehead atoms. The van der Waals surface area contributed by atoms with Gasteiger partial charge in [0.15, 0.2) is 10.8 Å². The largest absolute Gasteiger partial charge is 0.461 e. The number of carbonyl (C=O) groups is 2. The molecule has 1 aliphatic carbocycles. The van der Waals surface area contributed by atoms with E-state index < -0.39 is 15.7 Å². The molecule has 0 saturated heterocycles. The Labute approximate surface area is 130 Å². The molecule has 1 saturated carbocycles. The second-order valence-corrected chi connectivity index (χ2v) is 7.13. The van der Waals surface area contributed by atoms with E-state index in [0.717, 1.165) is 0 Å². The van der Waals surface area contributed by atoms with Crippen LogP contribution in [0, 0.1) is 5.41 Å². The number of rotatable bonds is 4. The lowest BCUT2D eigenvalue weighted by atomic mass is 10.1. The highest BCUT2D eigenvalue weighted by Crippen LogP contribution is 2.64. The van der Waals surface area contributed by atoms with E-state index in [1.807, 2.05) is 0 Å². The van der Waals surface area contributed by atoms with Crippen LogP contribution in [-0.4, -0.2) is 34.8 Å². The van der Waals surface area contributed by atoms with Gasteiger partial charge in [-0.15, -0.1) is 34.5 Å². The number of aromatic nitrogens is 1. The number of hydrogen-bond acceptors (Lipinski definition) is 5. The van der Waals surface area contributed by atoms with Crippen molar-refractivity contribution in [3.63, 3.8) is 0 Å². The van der Waals surface area contributed by atoms with Crippen molar-refractivity contribution in [3.05, 3.63) is 11.1 Å². The maximum absolute atomic E-state index is 12.4. The number of hydrogen-bond donors (Lipinski definition) is 0. The zero-order valence-corrected chi connectivity index (χ0v) is 13.6. The Morgan fingerprint density at radius 1 is 1.55 bits per heavy atom. The molecule has 20 heavy (non-hydrogen) atoms. The van der Waals surface area contributed by atoms with Gasteiger partial charge in [-0.05, 0) is 20.3 Å². The number of anilines is 1. The van der Waals surface area contributed by atoms with E-state index in [9.17, 15) is 9.59 Å². The summed E-state index contributed by atoms with van der Waals surface area (Å²) in [6.45, 7) is 3.71. The number of ether oxygens (including phenoxy) is 1. The number of alkyl halides is 2. The monoisotopic (exact) mass is 336 g/mol. The van der Waals surface area contributed by atoms with Crippen molar-refractivity contribution in [1.82, 2.24) is 4.98 Å². The van der Waals surface area contributed by atoms with E-state index in [4.69, 9.17) is 27.9 Å². The van der Waals surface area contributed by atoms with Gasteiger partial charge < -0.3 is 4.74 Å². The van der Waals surface area contributed by atoms with Crippen LogP contribution in [0.3, 0.4) is 0 Å². The van der Waals surface area contributed by atoms with Crippen molar-refractivity contribution in [3.8, 4) is 0 Å². The zero-order chi connectivity index (χ0) is 15.1. The molecular formula is C12H14Cl2N2O3S. The second-order valence-electron chi connectivity index (χ2n) is 4.81. The zero-order valence-electron chi connectivity index (χ0n) is 11.3. The fraction of sp³-hybridized carbons (Fsp3) is 0.583. The van der Waals surface area contributed by atoms with E-state index >= 15 is 0 Å². The van der Waals surface area contributed by atoms with Crippen LogP contribution < -0.4 is 4.90 Å². The molecule has 0 N–H and O–H groups in total. The number of nitrogens with zero attached hydrogens (tertiary/aromatic N) is 2. The summed E-state index contributed by atoms with van der Waals surface area (Å²) in [4.78, 5) is 29.4. The van der Waals surface area contributed by atoms with Crippen LogP contribution in [0.5, 0.6) is 0 Å². The van der Waals surface area contributed by atoms with Gasteiger partial charge in [0.2, 0.25) is 5.91 Å². The van der Waals surface area contributed by atoms with Crippen LogP contribution in [-0.2, 0) is 9.53 Å². The van der Waals surface area contributed by atoms with Gasteiger partial charge in [-0.25, -0.2) is 9.78 Å². The lowest BCUT2D eigenvalue weighted by Gasteiger charge is -2.19. The summed E-state index contributed by atoms with van der Waals surface area (Å²) in [7, 11) is 1.59. The summed E-state index contributed by atoms with van der Waals surface area (Å²) in [6, 6.07) is 0. The lowest BCUT2D eigenvalue weighted by Crippen LogP contribution is -2.35. The van der Waals surface area contributed by atoms with Gasteiger partial charge in [0, 0.05) is 12.4 Å². The van der Waals surface area contributed by atoms with Crippen molar-refractivity contribution in [2.45, 2.75) is 24.6 Å². The van der Waals surface area contributed by atoms with E-state index in [1.54, 1.807) is 26.3 Å². The minimum atomic E-state index is -1.03. The molecule has 110 valence electrons. The molecule has 1 aliphatic rings. The molecule has 0 aromatic carbocycles. The molecule has 1 atom stereocenters. The Bertz CT molecular complexity index is 561. The van der Waals surface area contributed by atoms with Crippen LogP contribution in [0.1, 0.15) is 30.8 Å². The number of esters is 1. The van der Waals surface area contributed by atoms with Crippen LogP contribution in [0.25, 0.3) is 0 Å². The molecule has 1 aromatic rings. The summed E-state index contributed by atoms with van der Waals surface area (Å²) < 4.78 is 3.83. The fourth-order valence-corrected chi connectivity index (χ4v) is 3.26. The average molecular weight is 337 g/mol. The third kappa shape index (κ3) is 2.52. The SMILES string of the molecule is CCOC(=O)c1csc(N(C)C(=O)[C@]2(C)CC2(Cl)Cl)n1. The lowest BCUT2D eigenvalue weighted by molar-refractivity contribution is -0.122. The highest BCUT2D eigenvalue weighted by atomic mass is 35.5. The topological polar surface area (TPSA) is 59.5 Å². The minimum Gasteiger partial charge on any atom is -0.461 e. The summed E-state index contributed by atoms with van der Waals surface area (Å²) in [6.07, 6.45) is 0.405. The average Bonchev–Trinajstić information content (AvgIpc) is 2.79. The van der Waals surface area contributed by atoms with Gasteiger partial charge in [-0.3, -0.25) is 9.69 Å². The maximum Gasteiger partial charge on any atom is 0.357 e. The first kappa shape index (κ1) is 15.5. The standard InChI is InChI=1S/C12H14Cl2N2O3S/c1-4-19-8(17)7-5-20-10(15-7)16(3)9(18)11(2)6-12(11,13)14/h5H,4,6H2,1-3H3/t11-/m0/s1. The number of carbonyl (C=O) groups excluding carboxylic acids is 2. The van der Waals surface area contributed by atoms with Gasteiger partial charge in [0.25, 0.3) is 0 Å². The molecule has 5 nitrogen and oxygen atoms in total. The first-order chi connectivity index (χ1) is 9.23. The molecule has 2 rings (SSSR count). The normalized spacial score (nSPS) is 23.2. The first-order valence-electron chi connectivity index (χ1n) is 6.01. The maximum atomic E-state index is 12.4. The fourth-order valence-electron chi connectivity index (χ4n) is 1.81. The van der Waals surface area contributed by atoms with Crippen molar-refractivity contribution >= 4 is 51.5 Å². The van der Waals surface area contributed by atoms with Crippen LogP contribution in [0.4, 0.5) is 5.13 Å².